The molecular weight excluding hydrogens is 337 g/mol. The smallest absolute Gasteiger partial charge is 0.137 e. The first-order valence-corrected chi connectivity index (χ1v) is 9.26. The topological polar surface area (TPSA) is 12.0 Å². The minimum Gasteiger partial charge on any atom is -0.316 e. The summed E-state index contributed by atoms with van der Waals surface area (Å²) in [5.41, 5.74) is 1.05. The molecule has 1 aliphatic carbocycles. The Bertz CT molecular complexity index is 421. The third-order valence-corrected chi connectivity index (χ3v) is 6.42. The van der Waals surface area contributed by atoms with Gasteiger partial charge in [0.25, 0.3) is 0 Å². The van der Waals surface area contributed by atoms with Crippen molar-refractivity contribution in [3.8, 4) is 0 Å². The first-order chi connectivity index (χ1) is 9.70. The van der Waals surface area contributed by atoms with Crippen molar-refractivity contribution in [3.63, 3.8) is 0 Å². The Morgan fingerprint density at radius 3 is 2.80 bits per heavy atom. The summed E-state index contributed by atoms with van der Waals surface area (Å²) >= 11 is 5.44. The maximum atomic E-state index is 13.5. The fraction of sp³-hybridized carbons (Fsp3) is 0.625. The van der Waals surface area contributed by atoms with E-state index in [2.05, 4.69) is 33.0 Å². The molecule has 0 aromatic heterocycles. The molecule has 1 nitrogen and oxygen atoms in total. The molecule has 1 unspecified atom stereocenters. The van der Waals surface area contributed by atoms with Crippen LogP contribution < -0.4 is 5.32 Å². The van der Waals surface area contributed by atoms with Gasteiger partial charge in [-0.15, -0.1) is 0 Å². The molecule has 1 aromatic rings. The summed E-state index contributed by atoms with van der Waals surface area (Å²) < 4.78 is 14.2. The monoisotopic (exact) mass is 359 g/mol. The Hall–Kier alpha value is -0.0600. The van der Waals surface area contributed by atoms with Crippen LogP contribution in [-0.2, 0) is 6.42 Å². The van der Waals surface area contributed by atoms with Crippen LogP contribution in [0.25, 0.3) is 0 Å². The van der Waals surface area contributed by atoms with Crippen molar-refractivity contribution >= 4 is 27.7 Å². The predicted octanol–water partition coefficient (Wildman–Crippen LogP) is 4.78. The number of likely N-dealkylation sites (N-methyl/N-ethyl adjacent to an activating group) is 1. The summed E-state index contributed by atoms with van der Waals surface area (Å²) in [6, 6.07) is 5.69. The standard InChI is InChI=1S/C16H23BrFNS/c1-19-13(11-20-14-7-3-2-4-8-14)10-12-6-5-9-15(18)16(12)17/h5-6,9,13-14,19H,2-4,7-8,10-11H2,1H3. The average molecular weight is 360 g/mol. The Kier molecular flexibility index (Phi) is 6.85. The molecule has 0 saturated heterocycles. The zero-order valence-electron chi connectivity index (χ0n) is 12.0. The Morgan fingerprint density at radius 1 is 1.35 bits per heavy atom. The maximum Gasteiger partial charge on any atom is 0.137 e. The van der Waals surface area contributed by atoms with Gasteiger partial charge < -0.3 is 5.32 Å². The summed E-state index contributed by atoms with van der Waals surface area (Å²) in [6.07, 6.45) is 7.78. The average Bonchev–Trinajstić information content (AvgIpc) is 2.49. The van der Waals surface area contributed by atoms with Gasteiger partial charge in [-0.25, -0.2) is 4.39 Å². The molecule has 1 aliphatic rings. The third-order valence-electron chi connectivity index (χ3n) is 3.99. The summed E-state index contributed by atoms with van der Waals surface area (Å²) in [5.74, 6) is 0.932. The molecule has 1 saturated carbocycles. The van der Waals surface area contributed by atoms with Crippen molar-refractivity contribution in [1.29, 1.82) is 0 Å². The van der Waals surface area contributed by atoms with Gasteiger partial charge in [-0.3, -0.25) is 0 Å². The number of thioether (sulfide) groups is 1. The van der Waals surface area contributed by atoms with Crippen LogP contribution in [0.15, 0.2) is 22.7 Å². The largest absolute Gasteiger partial charge is 0.316 e. The highest BCUT2D eigenvalue weighted by molar-refractivity contribution is 9.10. The van der Waals surface area contributed by atoms with E-state index in [0.29, 0.717) is 10.5 Å². The van der Waals surface area contributed by atoms with Crippen LogP contribution in [0, 0.1) is 5.82 Å². The lowest BCUT2D eigenvalue weighted by Crippen LogP contribution is -2.31. The molecule has 0 aliphatic heterocycles. The Morgan fingerprint density at radius 2 is 2.10 bits per heavy atom. The Balaban J connectivity index is 1.86. The molecule has 4 heteroatoms. The molecule has 0 heterocycles. The number of nitrogens with one attached hydrogen (secondary N) is 1. The van der Waals surface area contributed by atoms with Crippen molar-refractivity contribution < 1.29 is 4.39 Å². The SMILES string of the molecule is CNC(CSC1CCCCC1)Cc1cccc(F)c1Br. The van der Waals surface area contributed by atoms with E-state index in [-0.39, 0.29) is 5.82 Å². The number of rotatable bonds is 6. The minimum absolute atomic E-state index is 0.169. The fourth-order valence-corrected chi connectivity index (χ4v) is 4.58. The van der Waals surface area contributed by atoms with Gasteiger partial charge in [-0.2, -0.15) is 11.8 Å². The second kappa shape index (κ2) is 8.40. The molecule has 1 atom stereocenters. The molecule has 1 fully saturated rings. The molecule has 0 amide bonds. The van der Waals surface area contributed by atoms with Gasteiger partial charge in [0.1, 0.15) is 5.82 Å². The molecule has 112 valence electrons. The van der Waals surface area contributed by atoms with Crippen molar-refractivity contribution in [2.45, 2.75) is 49.8 Å². The molecule has 1 aromatic carbocycles. The molecular formula is C16H23BrFNS. The van der Waals surface area contributed by atoms with E-state index in [9.17, 15) is 4.39 Å². The van der Waals surface area contributed by atoms with E-state index in [1.807, 2.05) is 13.1 Å². The number of hydrogen-bond donors (Lipinski definition) is 1. The maximum absolute atomic E-state index is 13.5. The van der Waals surface area contributed by atoms with Gasteiger partial charge in [-0.05, 0) is 53.9 Å². The van der Waals surface area contributed by atoms with Crippen LogP contribution in [0.2, 0.25) is 0 Å². The summed E-state index contributed by atoms with van der Waals surface area (Å²) in [5, 5.41) is 4.20. The van der Waals surface area contributed by atoms with Crippen LogP contribution in [0.3, 0.4) is 0 Å². The van der Waals surface area contributed by atoms with E-state index in [4.69, 9.17) is 0 Å². The number of halogens is 2. The highest BCUT2D eigenvalue weighted by atomic mass is 79.9. The van der Waals surface area contributed by atoms with Crippen molar-refractivity contribution in [1.82, 2.24) is 5.32 Å². The van der Waals surface area contributed by atoms with Gasteiger partial charge in [0.2, 0.25) is 0 Å². The zero-order chi connectivity index (χ0) is 14.4. The summed E-state index contributed by atoms with van der Waals surface area (Å²) in [7, 11) is 2.00. The third kappa shape index (κ3) is 4.74. The molecule has 20 heavy (non-hydrogen) atoms. The first-order valence-electron chi connectivity index (χ1n) is 7.42. The molecule has 0 radical (unpaired) electrons. The lowest BCUT2D eigenvalue weighted by Gasteiger charge is -2.24. The van der Waals surface area contributed by atoms with Crippen LogP contribution in [0.4, 0.5) is 4.39 Å². The van der Waals surface area contributed by atoms with E-state index in [0.717, 1.165) is 23.0 Å². The van der Waals surface area contributed by atoms with Gasteiger partial charge in [0.05, 0.1) is 4.47 Å². The normalized spacial score (nSPS) is 18.1. The van der Waals surface area contributed by atoms with E-state index in [1.165, 1.54) is 38.2 Å². The zero-order valence-corrected chi connectivity index (χ0v) is 14.4. The van der Waals surface area contributed by atoms with Gasteiger partial charge in [0.15, 0.2) is 0 Å². The number of benzene rings is 1. The molecule has 1 N–H and O–H groups in total. The summed E-state index contributed by atoms with van der Waals surface area (Å²) in [6.45, 7) is 0. The van der Waals surface area contributed by atoms with Crippen LogP contribution in [0.1, 0.15) is 37.7 Å². The first kappa shape index (κ1) is 16.3. The van der Waals surface area contributed by atoms with Gasteiger partial charge >= 0.3 is 0 Å². The lowest BCUT2D eigenvalue weighted by atomic mass is 10.0. The Labute approximate surface area is 134 Å². The second-order valence-corrected chi connectivity index (χ2v) is 7.62. The van der Waals surface area contributed by atoms with Crippen molar-refractivity contribution in [2.75, 3.05) is 12.8 Å². The highest BCUT2D eigenvalue weighted by Crippen LogP contribution is 2.29. The lowest BCUT2D eigenvalue weighted by molar-refractivity contribution is 0.514. The van der Waals surface area contributed by atoms with E-state index >= 15 is 0 Å². The van der Waals surface area contributed by atoms with E-state index in [1.54, 1.807) is 6.07 Å². The molecule has 2 rings (SSSR count). The highest BCUT2D eigenvalue weighted by Gasteiger charge is 2.17. The van der Waals surface area contributed by atoms with E-state index < -0.39 is 0 Å². The van der Waals surface area contributed by atoms with Crippen LogP contribution in [0.5, 0.6) is 0 Å². The summed E-state index contributed by atoms with van der Waals surface area (Å²) in [4.78, 5) is 0. The number of hydrogen-bond acceptors (Lipinski definition) is 2. The molecule has 0 bridgehead atoms. The van der Waals surface area contributed by atoms with Crippen molar-refractivity contribution in [2.24, 2.45) is 0 Å². The van der Waals surface area contributed by atoms with Crippen LogP contribution in [-0.4, -0.2) is 24.1 Å². The van der Waals surface area contributed by atoms with Crippen LogP contribution >= 0.6 is 27.7 Å². The minimum atomic E-state index is -0.169. The second-order valence-electron chi connectivity index (χ2n) is 5.50. The van der Waals surface area contributed by atoms with Crippen molar-refractivity contribution in [3.05, 3.63) is 34.1 Å². The van der Waals surface area contributed by atoms with Gasteiger partial charge in [0, 0.05) is 17.0 Å². The molecule has 0 spiro atoms. The predicted molar refractivity (Wildman–Crippen MR) is 90.0 cm³/mol. The van der Waals surface area contributed by atoms with Gasteiger partial charge in [-0.1, -0.05) is 31.4 Å². The quantitative estimate of drug-likeness (QED) is 0.783. The fourth-order valence-electron chi connectivity index (χ4n) is 2.70.